The molecule has 1 fully saturated rings. The average Bonchev–Trinajstić information content (AvgIpc) is 3.41. The van der Waals surface area contributed by atoms with Crippen LogP contribution in [0.25, 0.3) is 0 Å². The molecule has 2 aromatic rings. The topological polar surface area (TPSA) is 137 Å². The van der Waals surface area contributed by atoms with Crippen LogP contribution in [0.4, 0.5) is 5.69 Å². The van der Waals surface area contributed by atoms with Gasteiger partial charge in [0.15, 0.2) is 5.69 Å². The normalized spacial score (nSPS) is 14.4. The number of nitro benzene ring substituents is 1. The van der Waals surface area contributed by atoms with Crippen molar-refractivity contribution in [3.63, 3.8) is 0 Å². The smallest absolute Gasteiger partial charge is 0.274 e. The average molecular weight is 494 g/mol. The zero-order valence-corrected chi connectivity index (χ0v) is 20.9. The van der Waals surface area contributed by atoms with E-state index in [1.54, 1.807) is 23.4 Å². The first-order valence-corrected chi connectivity index (χ1v) is 12.7. The molecule has 1 aliphatic heterocycles. The number of aromatic nitrogens is 2. The molecule has 1 amide bonds. The fourth-order valence-electron chi connectivity index (χ4n) is 3.65. The number of sulfonamides is 1. The van der Waals surface area contributed by atoms with Gasteiger partial charge >= 0.3 is 0 Å². The highest BCUT2D eigenvalue weighted by atomic mass is 32.2. The van der Waals surface area contributed by atoms with Gasteiger partial charge in [0.1, 0.15) is 10.6 Å². The van der Waals surface area contributed by atoms with Crippen molar-refractivity contribution in [3.8, 4) is 11.6 Å². The van der Waals surface area contributed by atoms with E-state index in [4.69, 9.17) is 4.74 Å². The summed E-state index contributed by atoms with van der Waals surface area (Å²) in [5.41, 5.74) is -0.267. The van der Waals surface area contributed by atoms with Crippen LogP contribution in [0, 0.1) is 17.0 Å². The lowest BCUT2D eigenvalue weighted by Gasteiger charge is -2.23. The second-order valence-corrected chi connectivity index (χ2v) is 11.0. The zero-order valence-electron chi connectivity index (χ0n) is 20.1. The molecule has 0 bridgehead atoms. The summed E-state index contributed by atoms with van der Waals surface area (Å²) < 4.78 is 35.9. The molecule has 0 aliphatic carbocycles. The van der Waals surface area contributed by atoms with Crippen LogP contribution in [0.2, 0.25) is 0 Å². The van der Waals surface area contributed by atoms with Gasteiger partial charge in [-0.05, 0) is 53.0 Å². The SMILES string of the molecule is CCCNS(=O)(=O)c1cc([N+](=O)[O-])ccc1Oc1c(C)c(C(=O)N2CCCC2)nn1C(C)(C)C. The minimum Gasteiger partial charge on any atom is -0.438 e. The van der Waals surface area contributed by atoms with Crippen molar-refractivity contribution in [1.29, 1.82) is 0 Å². The summed E-state index contributed by atoms with van der Waals surface area (Å²) >= 11 is 0. The lowest BCUT2D eigenvalue weighted by atomic mass is 10.1. The van der Waals surface area contributed by atoms with Crippen LogP contribution >= 0.6 is 0 Å². The lowest BCUT2D eigenvalue weighted by molar-refractivity contribution is -0.385. The molecule has 1 saturated heterocycles. The number of hydrogen-bond donors (Lipinski definition) is 1. The highest BCUT2D eigenvalue weighted by Crippen LogP contribution is 2.37. The first-order chi connectivity index (χ1) is 15.9. The molecule has 0 radical (unpaired) electrons. The Labute approximate surface area is 199 Å². The fourth-order valence-corrected chi connectivity index (χ4v) is 4.93. The van der Waals surface area contributed by atoms with Crippen LogP contribution < -0.4 is 9.46 Å². The molecule has 2 heterocycles. The van der Waals surface area contributed by atoms with Crippen LogP contribution in [0.5, 0.6) is 11.6 Å². The van der Waals surface area contributed by atoms with Gasteiger partial charge in [-0.25, -0.2) is 17.8 Å². The van der Waals surface area contributed by atoms with Crippen LogP contribution in [0.15, 0.2) is 23.1 Å². The molecule has 1 aromatic carbocycles. The van der Waals surface area contributed by atoms with Crippen molar-refractivity contribution in [3.05, 3.63) is 39.6 Å². The lowest BCUT2D eigenvalue weighted by Crippen LogP contribution is -2.29. The zero-order chi connectivity index (χ0) is 25.3. The van der Waals surface area contributed by atoms with Crippen molar-refractivity contribution in [2.24, 2.45) is 0 Å². The van der Waals surface area contributed by atoms with Crippen LogP contribution in [-0.2, 0) is 15.6 Å². The van der Waals surface area contributed by atoms with Gasteiger partial charge in [0.2, 0.25) is 15.9 Å². The number of likely N-dealkylation sites (tertiary alicyclic amines) is 1. The molecule has 1 aliphatic rings. The maximum Gasteiger partial charge on any atom is 0.274 e. The molecule has 3 rings (SSSR count). The van der Waals surface area contributed by atoms with E-state index >= 15 is 0 Å². The Morgan fingerprint density at radius 2 is 1.91 bits per heavy atom. The number of carbonyl (C=O) groups excluding carboxylic acids is 1. The van der Waals surface area contributed by atoms with Gasteiger partial charge in [-0.3, -0.25) is 14.9 Å². The van der Waals surface area contributed by atoms with Gasteiger partial charge in [-0.1, -0.05) is 6.92 Å². The fraction of sp³-hybridized carbons (Fsp3) is 0.545. The number of ether oxygens (including phenoxy) is 1. The van der Waals surface area contributed by atoms with Gasteiger partial charge in [0, 0.05) is 37.3 Å². The molecule has 0 saturated carbocycles. The van der Waals surface area contributed by atoms with E-state index in [1.807, 2.05) is 20.8 Å². The number of carbonyl (C=O) groups is 1. The molecule has 1 N–H and O–H groups in total. The highest BCUT2D eigenvalue weighted by Gasteiger charge is 2.32. The summed E-state index contributed by atoms with van der Waals surface area (Å²) in [5, 5.41) is 15.8. The van der Waals surface area contributed by atoms with Crippen molar-refractivity contribution in [1.82, 2.24) is 19.4 Å². The van der Waals surface area contributed by atoms with Gasteiger partial charge in [0.05, 0.1) is 10.5 Å². The second-order valence-electron chi connectivity index (χ2n) is 9.25. The molecule has 1 aromatic heterocycles. The molecular formula is C22H31N5O6S. The number of rotatable bonds is 8. The predicted octanol–water partition coefficient (Wildman–Crippen LogP) is 3.57. The molecule has 186 valence electrons. The maximum atomic E-state index is 13.1. The third-order valence-electron chi connectivity index (χ3n) is 5.48. The minimum atomic E-state index is -4.10. The molecule has 11 nitrogen and oxygen atoms in total. The Balaban J connectivity index is 2.13. The van der Waals surface area contributed by atoms with E-state index in [9.17, 15) is 23.3 Å². The van der Waals surface area contributed by atoms with E-state index in [-0.39, 0.29) is 40.4 Å². The summed E-state index contributed by atoms with van der Waals surface area (Å²) in [4.78, 5) is 25.1. The van der Waals surface area contributed by atoms with Crippen molar-refractivity contribution in [2.75, 3.05) is 19.6 Å². The van der Waals surface area contributed by atoms with Gasteiger partial charge in [-0.2, -0.15) is 5.10 Å². The molecule has 0 unspecified atom stereocenters. The summed E-state index contributed by atoms with van der Waals surface area (Å²) in [6.45, 7) is 10.6. The summed E-state index contributed by atoms with van der Waals surface area (Å²) in [5.74, 6) is -0.0947. The summed E-state index contributed by atoms with van der Waals surface area (Å²) in [7, 11) is -4.10. The second kappa shape index (κ2) is 9.71. The third kappa shape index (κ3) is 5.22. The van der Waals surface area contributed by atoms with Gasteiger partial charge in [-0.15, -0.1) is 0 Å². The summed E-state index contributed by atoms with van der Waals surface area (Å²) in [6, 6.07) is 3.40. The van der Waals surface area contributed by atoms with E-state index < -0.39 is 20.5 Å². The van der Waals surface area contributed by atoms with Crippen molar-refractivity contribution >= 4 is 21.6 Å². The van der Waals surface area contributed by atoms with E-state index in [0.717, 1.165) is 18.9 Å². The maximum absolute atomic E-state index is 13.1. The number of nitro groups is 1. The Hall–Kier alpha value is -2.99. The molecular weight excluding hydrogens is 462 g/mol. The number of nitrogens with one attached hydrogen (secondary N) is 1. The Morgan fingerprint density at radius 3 is 2.47 bits per heavy atom. The molecule has 34 heavy (non-hydrogen) atoms. The number of non-ortho nitro benzene ring substituents is 1. The monoisotopic (exact) mass is 493 g/mol. The quantitative estimate of drug-likeness (QED) is 0.438. The van der Waals surface area contributed by atoms with E-state index in [2.05, 4.69) is 9.82 Å². The predicted molar refractivity (Wildman–Crippen MR) is 126 cm³/mol. The number of nitrogens with zero attached hydrogens (tertiary/aromatic N) is 4. The number of hydrogen-bond acceptors (Lipinski definition) is 7. The molecule has 12 heteroatoms. The van der Waals surface area contributed by atoms with Crippen LogP contribution in [0.1, 0.15) is 63.0 Å². The first kappa shape index (κ1) is 25.6. The van der Waals surface area contributed by atoms with E-state index in [0.29, 0.717) is 25.1 Å². The standard InChI is InChI=1S/C22H31N5O6S/c1-6-11-23-34(31,32)18-14-16(27(29)30)9-10-17(18)33-21-15(2)19(24-26(21)22(3,4)5)20(28)25-12-7-8-13-25/h9-10,14,23H,6-8,11-13H2,1-5H3. The van der Waals surface area contributed by atoms with Crippen LogP contribution in [0.3, 0.4) is 0 Å². The minimum absolute atomic E-state index is 0.0946. The van der Waals surface area contributed by atoms with Gasteiger partial charge in [0.25, 0.3) is 11.6 Å². The number of benzene rings is 1. The highest BCUT2D eigenvalue weighted by molar-refractivity contribution is 7.89. The third-order valence-corrected chi connectivity index (χ3v) is 6.96. The largest absolute Gasteiger partial charge is 0.438 e. The van der Waals surface area contributed by atoms with Crippen molar-refractivity contribution < 1.29 is 22.9 Å². The molecule has 0 atom stereocenters. The Bertz CT molecular complexity index is 1190. The number of amides is 1. The molecule has 0 spiro atoms. The van der Waals surface area contributed by atoms with Crippen LogP contribution in [-0.4, -0.2) is 53.6 Å². The van der Waals surface area contributed by atoms with Gasteiger partial charge < -0.3 is 9.64 Å². The van der Waals surface area contributed by atoms with E-state index in [1.165, 1.54) is 12.1 Å². The Morgan fingerprint density at radius 1 is 1.26 bits per heavy atom. The summed E-state index contributed by atoms with van der Waals surface area (Å²) in [6.07, 6.45) is 2.41. The first-order valence-electron chi connectivity index (χ1n) is 11.2. The Kier molecular flexibility index (Phi) is 7.32. The van der Waals surface area contributed by atoms with Crippen molar-refractivity contribution in [2.45, 2.75) is 64.3 Å².